The number of ether oxygens (including phenoxy) is 2. The number of halogens is 5. The van der Waals surface area contributed by atoms with Gasteiger partial charge in [-0.1, -0.05) is 23.7 Å². The minimum absolute atomic E-state index is 0.0347. The maximum Gasteiger partial charge on any atom is 0.437 e. The van der Waals surface area contributed by atoms with Crippen LogP contribution >= 0.6 is 11.6 Å². The number of hydrogen-bond donors (Lipinski definition) is 2. The molecule has 1 amide bonds. The summed E-state index contributed by atoms with van der Waals surface area (Å²) < 4.78 is 66.0. The molecule has 14 heteroatoms. The zero-order valence-electron chi connectivity index (χ0n) is 19.3. The van der Waals surface area contributed by atoms with Gasteiger partial charge < -0.3 is 20.6 Å². The molecule has 0 aliphatic carbocycles. The quantitative estimate of drug-likeness (QED) is 0.243. The van der Waals surface area contributed by atoms with Gasteiger partial charge >= 0.3 is 6.18 Å². The maximum atomic E-state index is 14.7. The minimum atomic E-state index is -5.10. The third-order valence-corrected chi connectivity index (χ3v) is 5.10. The van der Waals surface area contributed by atoms with Gasteiger partial charge in [0.05, 0.1) is 42.9 Å². The number of aromatic nitrogens is 2. The van der Waals surface area contributed by atoms with Gasteiger partial charge in [-0.15, -0.1) is 0 Å². The number of carbonyl (C=O) groups excluding carboxylic acids is 1. The molecule has 1 heterocycles. The molecular weight excluding hydrogens is 534 g/mol. The van der Waals surface area contributed by atoms with E-state index in [1.807, 2.05) is 0 Å². The predicted molar refractivity (Wildman–Crippen MR) is 128 cm³/mol. The van der Waals surface area contributed by atoms with Crippen LogP contribution in [0.5, 0.6) is 17.2 Å². The van der Waals surface area contributed by atoms with Gasteiger partial charge in [-0.2, -0.15) is 18.4 Å². The number of hydrogen-bond acceptors (Lipinski definition) is 7. The summed E-state index contributed by atoms with van der Waals surface area (Å²) in [6.45, 7) is -0.693. The summed E-state index contributed by atoms with van der Waals surface area (Å²) in [5.74, 6) is -3.83. The van der Waals surface area contributed by atoms with Gasteiger partial charge in [0.15, 0.2) is 17.3 Å². The van der Waals surface area contributed by atoms with Gasteiger partial charge in [0, 0.05) is 10.6 Å². The van der Waals surface area contributed by atoms with E-state index in [4.69, 9.17) is 37.5 Å². The monoisotopic (exact) mass is 549 g/mol. The highest BCUT2D eigenvalue weighted by atomic mass is 35.5. The Labute approximate surface area is 216 Å². The Kier molecular flexibility index (Phi) is 8.17. The summed E-state index contributed by atoms with van der Waals surface area (Å²) in [6.07, 6.45) is -3.70. The summed E-state index contributed by atoms with van der Waals surface area (Å²) >= 11 is 5.86. The fraction of sp³-hybridized carbons (Fsp3) is 0.125. The molecule has 9 nitrogen and oxygen atoms in total. The third-order valence-electron chi connectivity index (χ3n) is 4.88. The van der Waals surface area contributed by atoms with Crippen molar-refractivity contribution >= 4 is 28.8 Å². The molecule has 2 aromatic carbocycles. The van der Waals surface area contributed by atoms with Crippen LogP contribution in [0.15, 0.2) is 53.6 Å². The third kappa shape index (κ3) is 6.16. The number of nitrogens with one attached hydrogen (secondary N) is 1. The summed E-state index contributed by atoms with van der Waals surface area (Å²) in [6, 6.07) is 9.01. The first-order chi connectivity index (χ1) is 17.8. The second-order valence-electron chi connectivity index (χ2n) is 7.51. The van der Waals surface area contributed by atoms with Crippen LogP contribution in [-0.4, -0.2) is 28.3 Å². The number of benzene rings is 2. The van der Waals surface area contributed by atoms with E-state index < -0.39 is 52.7 Å². The minimum Gasteiger partial charge on any atom is -0.494 e. The lowest BCUT2D eigenvalue weighted by atomic mass is 10.0. The Balaban J connectivity index is 2.05. The lowest BCUT2D eigenvalue weighted by molar-refractivity contribution is -0.142. The first kappa shape index (κ1) is 27.9. The topological polar surface area (TPSA) is 144 Å². The van der Waals surface area contributed by atoms with Crippen LogP contribution in [0.2, 0.25) is 5.02 Å². The highest BCUT2D eigenvalue weighted by Crippen LogP contribution is 2.35. The summed E-state index contributed by atoms with van der Waals surface area (Å²) in [7, 11) is 1.20. The SMILES string of the molecule is COc1cccc(/C(=C/C(=N)Cn2cnc(C(F)(F)F)c(Oc3cc(Cl)cc(C#N)c3)c2=O)C(N)=O)c1F. The number of allylic oxidation sites excluding steroid dienone is 1. The molecule has 0 unspecified atom stereocenters. The summed E-state index contributed by atoms with van der Waals surface area (Å²) in [5, 5.41) is 17.2. The molecule has 3 rings (SSSR count). The first-order valence-electron chi connectivity index (χ1n) is 10.3. The first-order valence-corrected chi connectivity index (χ1v) is 10.7. The van der Waals surface area contributed by atoms with Crippen molar-refractivity contribution in [1.82, 2.24) is 9.55 Å². The Hall–Kier alpha value is -4.70. The van der Waals surface area contributed by atoms with E-state index in [0.29, 0.717) is 10.9 Å². The van der Waals surface area contributed by atoms with Crippen molar-refractivity contribution < 1.29 is 31.8 Å². The fourth-order valence-electron chi connectivity index (χ4n) is 3.24. The molecule has 0 fully saturated rings. The molecule has 0 aliphatic heterocycles. The van der Waals surface area contributed by atoms with Crippen LogP contribution in [0.4, 0.5) is 17.6 Å². The van der Waals surface area contributed by atoms with Crippen molar-refractivity contribution in [2.24, 2.45) is 5.73 Å². The van der Waals surface area contributed by atoms with Crippen LogP contribution in [0.25, 0.3) is 5.57 Å². The van der Waals surface area contributed by atoms with E-state index in [0.717, 1.165) is 18.2 Å². The van der Waals surface area contributed by atoms with E-state index in [9.17, 15) is 27.2 Å². The largest absolute Gasteiger partial charge is 0.494 e. The van der Waals surface area contributed by atoms with Gasteiger partial charge in [-0.3, -0.25) is 14.2 Å². The fourth-order valence-corrected chi connectivity index (χ4v) is 3.47. The van der Waals surface area contributed by atoms with E-state index in [-0.39, 0.29) is 27.6 Å². The van der Waals surface area contributed by atoms with Gasteiger partial charge in [-0.25, -0.2) is 9.37 Å². The molecule has 38 heavy (non-hydrogen) atoms. The number of rotatable bonds is 8. The van der Waals surface area contributed by atoms with Gasteiger partial charge in [0.1, 0.15) is 5.75 Å². The predicted octanol–water partition coefficient (Wildman–Crippen LogP) is 4.32. The van der Waals surface area contributed by atoms with E-state index in [1.54, 1.807) is 6.07 Å². The number of amides is 1. The molecule has 3 aromatic rings. The Morgan fingerprint density at radius 1 is 1.32 bits per heavy atom. The van der Waals surface area contributed by atoms with Crippen molar-refractivity contribution in [1.29, 1.82) is 10.7 Å². The zero-order valence-corrected chi connectivity index (χ0v) is 20.0. The van der Waals surface area contributed by atoms with Crippen LogP contribution in [0, 0.1) is 22.6 Å². The zero-order chi connectivity index (χ0) is 28.2. The van der Waals surface area contributed by atoms with Crippen LogP contribution in [-0.2, 0) is 17.5 Å². The molecular formula is C24H16ClF4N5O4. The van der Waals surface area contributed by atoms with Gasteiger partial charge in [0.2, 0.25) is 11.7 Å². The Morgan fingerprint density at radius 2 is 2.03 bits per heavy atom. The van der Waals surface area contributed by atoms with Crippen LogP contribution in [0.1, 0.15) is 16.8 Å². The van der Waals surface area contributed by atoms with E-state index >= 15 is 0 Å². The van der Waals surface area contributed by atoms with Gasteiger partial charge in [0.25, 0.3) is 5.56 Å². The van der Waals surface area contributed by atoms with Crippen molar-refractivity contribution in [3.05, 3.63) is 86.8 Å². The summed E-state index contributed by atoms with van der Waals surface area (Å²) in [4.78, 5) is 28.2. The van der Waals surface area contributed by atoms with Crippen LogP contribution < -0.4 is 20.8 Å². The maximum absolute atomic E-state index is 14.7. The number of nitriles is 1. The molecule has 0 aliphatic rings. The summed E-state index contributed by atoms with van der Waals surface area (Å²) in [5.41, 5.74) is 1.06. The lowest BCUT2D eigenvalue weighted by Crippen LogP contribution is -2.28. The molecule has 0 spiro atoms. The molecule has 0 radical (unpaired) electrons. The molecule has 1 aromatic heterocycles. The van der Waals surface area contributed by atoms with Crippen molar-refractivity contribution in [3.8, 4) is 23.3 Å². The second-order valence-corrected chi connectivity index (χ2v) is 7.95. The van der Waals surface area contributed by atoms with Crippen molar-refractivity contribution in [2.75, 3.05) is 7.11 Å². The molecule has 0 saturated carbocycles. The standard InChI is InChI=1S/C24H16ClF4N5O4/c1-37-18-4-2-3-16(19(18)26)17(22(32)35)8-14(31)10-34-11-33-21(24(27,28)29)20(23(34)36)38-15-6-12(9-30)5-13(25)7-15/h2-8,11,31H,10H2,1H3,(H2,32,35)/b17-8-,31-14?. The smallest absolute Gasteiger partial charge is 0.437 e. The lowest BCUT2D eigenvalue weighted by Gasteiger charge is -2.15. The average Bonchev–Trinajstić information content (AvgIpc) is 2.84. The number of primary amides is 1. The normalized spacial score (nSPS) is 11.6. The highest BCUT2D eigenvalue weighted by Gasteiger charge is 2.39. The van der Waals surface area contributed by atoms with Crippen LogP contribution in [0.3, 0.4) is 0 Å². The van der Waals surface area contributed by atoms with E-state index in [2.05, 4.69) is 4.98 Å². The number of nitrogens with zero attached hydrogens (tertiary/aromatic N) is 3. The molecule has 3 N–H and O–H groups in total. The molecule has 196 valence electrons. The average molecular weight is 550 g/mol. The van der Waals surface area contributed by atoms with Crippen molar-refractivity contribution in [2.45, 2.75) is 12.7 Å². The molecule has 0 atom stereocenters. The highest BCUT2D eigenvalue weighted by molar-refractivity contribution is 6.30. The number of carbonyl (C=O) groups is 1. The number of alkyl halides is 3. The van der Waals surface area contributed by atoms with Gasteiger partial charge in [-0.05, 0) is 30.3 Å². The molecule has 0 bridgehead atoms. The second kappa shape index (κ2) is 11.1. The Bertz CT molecular complexity index is 1560. The molecule has 0 saturated heterocycles. The number of methoxy groups -OCH3 is 1. The van der Waals surface area contributed by atoms with E-state index in [1.165, 1.54) is 31.4 Å². The van der Waals surface area contributed by atoms with Crippen molar-refractivity contribution in [3.63, 3.8) is 0 Å². The number of nitrogens with two attached hydrogens (primary N) is 1. The Morgan fingerprint density at radius 3 is 2.63 bits per heavy atom.